The Hall–Kier alpha value is -1.42. The van der Waals surface area contributed by atoms with Gasteiger partial charge in [0.1, 0.15) is 0 Å². The molecule has 1 aliphatic carbocycles. The first-order valence-corrected chi connectivity index (χ1v) is 6.98. The smallest absolute Gasteiger partial charge is 0.171 e. The number of anilines is 1. The van der Waals surface area contributed by atoms with Gasteiger partial charge in [0.15, 0.2) is 5.84 Å². The Kier molecular flexibility index (Phi) is 4.53. The van der Waals surface area contributed by atoms with Crippen LogP contribution in [0.15, 0.2) is 23.4 Å². The van der Waals surface area contributed by atoms with E-state index in [1.165, 1.54) is 25.7 Å². The van der Waals surface area contributed by atoms with Crippen LogP contribution in [0.1, 0.15) is 31.2 Å². The Labute approximate surface area is 118 Å². The number of nitrogens with zero attached hydrogens (tertiary/aromatic N) is 2. The lowest BCUT2D eigenvalue weighted by molar-refractivity contribution is 0.318. The normalized spacial score (nSPS) is 16.8. The van der Waals surface area contributed by atoms with E-state index < -0.39 is 0 Å². The molecule has 0 unspecified atom stereocenters. The molecular formula is C14H20ClN3O. The summed E-state index contributed by atoms with van der Waals surface area (Å²) in [5.41, 5.74) is 7.17. The molecule has 3 N–H and O–H groups in total. The van der Waals surface area contributed by atoms with Gasteiger partial charge >= 0.3 is 0 Å². The Morgan fingerprint density at radius 2 is 2.16 bits per heavy atom. The van der Waals surface area contributed by atoms with Crippen molar-refractivity contribution in [3.05, 3.63) is 28.8 Å². The molecular weight excluding hydrogens is 262 g/mol. The molecule has 1 aliphatic rings. The summed E-state index contributed by atoms with van der Waals surface area (Å²) in [4.78, 5) is 2.22. The van der Waals surface area contributed by atoms with Gasteiger partial charge < -0.3 is 15.8 Å². The molecule has 1 aromatic carbocycles. The highest BCUT2D eigenvalue weighted by atomic mass is 35.5. The maximum absolute atomic E-state index is 8.67. The van der Waals surface area contributed by atoms with Crippen molar-refractivity contribution in [2.24, 2.45) is 16.8 Å². The van der Waals surface area contributed by atoms with Gasteiger partial charge in [-0.05, 0) is 37.0 Å². The van der Waals surface area contributed by atoms with E-state index in [4.69, 9.17) is 22.5 Å². The third-order valence-electron chi connectivity index (χ3n) is 3.78. The van der Waals surface area contributed by atoms with E-state index in [9.17, 15) is 0 Å². The molecule has 1 fully saturated rings. The number of nitrogens with two attached hydrogens (primary N) is 1. The summed E-state index contributed by atoms with van der Waals surface area (Å²) in [5.74, 6) is 0.822. The first-order valence-electron chi connectivity index (χ1n) is 6.60. The number of halogens is 1. The van der Waals surface area contributed by atoms with Crippen LogP contribution in [0.5, 0.6) is 0 Å². The molecule has 0 radical (unpaired) electrons. The third kappa shape index (κ3) is 3.32. The summed E-state index contributed by atoms with van der Waals surface area (Å²) >= 11 is 6.17. The van der Waals surface area contributed by atoms with Crippen molar-refractivity contribution in [3.8, 4) is 0 Å². The summed E-state index contributed by atoms with van der Waals surface area (Å²) in [6.07, 6.45) is 5.34. The molecule has 1 aromatic rings. The van der Waals surface area contributed by atoms with E-state index in [1.54, 1.807) is 6.07 Å². The van der Waals surface area contributed by atoms with Gasteiger partial charge in [0, 0.05) is 24.8 Å². The topological polar surface area (TPSA) is 61.8 Å². The highest BCUT2D eigenvalue weighted by Crippen LogP contribution is 2.28. The molecule has 0 amide bonds. The summed E-state index contributed by atoms with van der Waals surface area (Å²) in [7, 11) is 2.08. The summed E-state index contributed by atoms with van der Waals surface area (Å²) in [6.45, 7) is 1.05. The number of benzene rings is 1. The van der Waals surface area contributed by atoms with E-state index in [0.717, 1.165) is 18.2 Å². The number of hydrogen-bond acceptors (Lipinski definition) is 3. The molecule has 4 nitrogen and oxygen atoms in total. The molecule has 0 heterocycles. The van der Waals surface area contributed by atoms with E-state index in [0.29, 0.717) is 10.6 Å². The minimum Gasteiger partial charge on any atom is -0.409 e. The average Bonchev–Trinajstić information content (AvgIpc) is 2.90. The SMILES string of the molecule is CN(CC1CCCC1)c1ccc(C(N)=NO)c(Cl)c1. The Bertz CT molecular complexity index is 470. The Morgan fingerprint density at radius 3 is 2.74 bits per heavy atom. The Morgan fingerprint density at radius 1 is 1.47 bits per heavy atom. The lowest BCUT2D eigenvalue weighted by Crippen LogP contribution is -2.24. The zero-order valence-corrected chi connectivity index (χ0v) is 11.9. The Balaban J connectivity index is 2.10. The summed E-state index contributed by atoms with van der Waals surface area (Å²) in [5, 5.41) is 12.2. The first-order chi connectivity index (χ1) is 9.11. The second-order valence-corrected chi connectivity index (χ2v) is 5.59. The highest BCUT2D eigenvalue weighted by molar-refractivity contribution is 6.34. The van der Waals surface area contributed by atoms with Crippen LogP contribution in [0.4, 0.5) is 5.69 Å². The van der Waals surface area contributed by atoms with Gasteiger partial charge in [0.2, 0.25) is 0 Å². The fourth-order valence-electron chi connectivity index (χ4n) is 2.69. The van der Waals surface area contributed by atoms with E-state index in [2.05, 4.69) is 17.1 Å². The number of hydrogen-bond donors (Lipinski definition) is 2. The minimum absolute atomic E-state index is 0.0370. The van der Waals surface area contributed by atoms with Gasteiger partial charge in [-0.25, -0.2) is 0 Å². The third-order valence-corrected chi connectivity index (χ3v) is 4.10. The van der Waals surface area contributed by atoms with Crippen molar-refractivity contribution in [1.29, 1.82) is 0 Å². The van der Waals surface area contributed by atoms with Crippen molar-refractivity contribution in [2.75, 3.05) is 18.5 Å². The minimum atomic E-state index is 0.0370. The van der Waals surface area contributed by atoms with Crippen molar-refractivity contribution in [2.45, 2.75) is 25.7 Å². The molecule has 5 heteroatoms. The van der Waals surface area contributed by atoms with Crippen LogP contribution in [0.25, 0.3) is 0 Å². The van der Waals surface area contributed by atoms with Gasteiger partial charge in [-0.2, -0.15) is 0 Å². The van der Waals surface area contributed by atoms with Crippen LogP contribution >= 0.6 is 11.6 Å². The average molecular weight is 282 g/mol. The van der Waals surface area contributed by atoms with Crippen LogP contribution < -0.4 is 10.6 Å². The standard InChI is InChI=1S/C14H20ClN3O/c1-18(9-10-4-2-3-5-10)11-6-7-12(13(15)8-11)14(16)17-19/h6-8,10,19H,2-5,9H2,1H3,(H2,16,17). The first kappa shape index (κ1) is 14.0. The van der Waals surface area contributed by atoms with Crippen LogP contribution in [-0.4, -0.2) is 24.6 Å². The molecule has 104 valence electrons. The molecule has 0 atom stereocenters. The van der Waals surface area contributed by atoms with Crippen LogP contribution in [-0.2, 0) is 0 Å². The maximum Gasteiger partial charge on any atom is 0.171 e. The van der Waals surface area contributed by atoms with Crippen LogP contribution in [0, 0.1) is 5.92 Å². The fourth-order valence-corrected chi connectivity index (χ4v) is 2.96. The van der Waals surface area contributed by atoms with E-state index in [1.807, 2.05) is 12.1 Å². The zero-order valence-electron chi connectivity index (χ0n) is 11.1. The van der Waals surface area contributed by atoms with Crippen molar-refractivity contribution < 1.29 is 5.21 Å². The van der Waals surface area contributed by atoms with Gasteiger partial charge in [-0.1, -0.05) is 29.6 Å². The van der Waals surface area contributed by atoms with E-state index >= 15 is 0 Å². The van der Waals surface area contributed by atoms with E-state index in [-0.39, 0.29) is 5.84 Å². The molecule has 0 bridgehead atoms. The maximum atomic E-state index is 8.67. The molecule has 1 saturated carbocycles. The summed E-state index contributed by atoms with van der Waals surface area (Å²) < 4.78 is 0. The molecule has 2 rings (SSSR count). The molecule has 0 aromatic heterocycles. The van der Waals surface area contributed by atoms with Crippen molar-refractivity contribution in [1.82, 2.24) is 0 Å². The number of rotatable bonds is 4. The highest BCUT2D eigenvalue weighted by Gasteiger charge is 2.17. The van der Waals surface area contributed by atoms with Gasteiger partial charge in [-0.3, -0.25) is 0 Å². The van der Waals surface area contributed by atoms with Crippen molar-refractivity contribution >= 4 is 23.1 Å². The van der Waals surface area contributed by atoms with Crippen molar-refractivity contribution in [3.63, 3.8) is 0 Å². The molecule has 0 aliphatic heterocycles. The van der Waals surface area contributed by atoms with Crippen LogP contribution in [0.3, 0.4) is 0 Å². The second-order valence-electron chi connectivity index (χ2n) is 5.18. The van der Waals surface area contributed by atoms with Crippen LogP contribution in [0.2, 0.25) is 5.02 Å². The number of amidine groups is 1. The lowest BCUT2D eigenvalue weighted by atomic mass is 10.1. The zero-order chi connectivity index (χ0) is 13.8. The quantitative estimate of drug-likeness (QED) is 0.386. The number of oxime groups is 1. The molecule has 19 heavy (non-hydrogen) atoms. The molecule has 0 saturated heterocycles. The monoisotopic (exact) mass is 281 g/mol. The van der Waals surface area contributed by atoms with Gasteiger partial charge in [-0.15, -0.1) is 0 Å². The fraction of sp³-hybridized carbons (Fsp3) is 0.500. The van der Waals surface area contributed by atoms with Gasteiger partial charge in [0.25, 0.3) is 0 Å². The predicted molar refractivity (Wildman–Crippen MR) is 79.2 cm³/mol. The summed E-state index contributed by atoms with van der Waals surface area (Å²) in [6, 6.07) is 5.61. The largest absolute Gasteiger partial charge is 0.409 e. The second kappa shape index (κ2) is 6.15. The predicted octanol–water partition coefficient (Wildman–Crippen LogP) is 3.06. The lowest BCUT2D eigenvalue weighted by Gasteiger charge is -2.23. The molecule has 0 spiro atoms. The van der Waals surface area contributed by atoms with Gasteiger partial charge in [0.05, 0.1) is 5.02 Å².